The fourth-order valence-corrected chi connectivity index (χ4v) is 5.53. The Kier molecular flexibility index (Phi) is 5.18. The van der Waals surface area contributed by atoms with Gasteiger partial charge in [-0.2, -0.15) is 5.26 Å². The molecule has 2 aliphatic heterocycles. The number of piperidine rings is 2. The molecule has 31 heavy (non-hydrogen) atoms. The van der Waals surface area contributed by atoms with E-state index in [1.165, 1.54) is 5.57 Å². The maximum absolute atomic E-state index is 13.7. The molecule has 6 nitrogen and oxygen atoms in total. The van der Waals surface area contributed by atoms with E-state index in [1.807, 2.05) is 13.1 Å². The Balaban J connectivity index is 1.46. The number of amides is 1. The quantitative estimate of drug-likeness (QED) is 0.673. The van der Waals surface area contributed by atoms with Crippen molar-refractivity contribution in [3.63, 3.8) is 0 Å². The summed E-state index contributed by atoms with van der Waals surface area (Å²) in [6, 6.07) is 2.62. The minimum Gasteiger partial charge on any atom is -0.487 e. The van der Waals surface area contributed by atoms with Gasteiger partial charge in [-0.1, -0.05) is 23.3 Å². The minimum absolute atomic E-state index is 0.0293. The second-order valence-corrected chi connectivity index (χ2v) is 9.53. The molecule has 0 spiro atoms. The summed E-state index contributed by atoms with van der Waals surface area (Å²) in [4.78, 5) is 23.4. The largest absolute Gasteiger partial charge is 0.487 e. The highest BCUT2D eigenvalue weighted by atomic mass is 35.5. The van der Waals surface area contributed by atoms with E-state index >= 15 is 0 Å². The minimum atomic E-state index is -0.361. The zero-order valence-corrected chi connectivity index (χ0v) is 18.7. The van der Waals surface area contributed by atoms with Crippen LogP contribution >= 0.6 is 11.6 Å². The fourth-order valence-electron chi connectivity index (χ4n) is 5.24. The molecule has 2 aromatic rings. The van der Waals surface area contributed by atoms with Crippen LogP contribution in [-0.4, -0.2) is 39.0 Å². The number of nitriles is 1. The van der Waals surface area contributed by atoms with Crippen LogP contribution in [0.15, 0.2) is 24.0 Å². The van der Waals surface area contributed by atoms with Crippen LogP contribution < -0.4 is 4.74 Å². The van der Waals surface area contributed by atoms with Crippen LogP contribution in [0.3, 0.4) is 0 Å². The Morgan fingerprint density at radius 2 is 2.10 bits per heavy atom. The van der Waals surface area contributed by atoms with Crippen LogP contribution in [0.5, 0.6) is 5.75 Å². The lowest BCUT2D eigenvalue weighted by Crippen LogP contribution is -2.56. The zero-order chi connectivity index (χ0) is 21.7. The van der Waals surface area contributed by atoms with Crippen molar-refractivity contribution in [1.82, 2.24) is 14.9 Å². The standard InChI is InChI=1S/C24H27ClN4O2/c1-3-14-6-16-8-15(10-26)9-17(7-14)29(16)24(30)13(2)19-11-27-23-21(19)22(25)20(12-28-23)31-18-4-5-18/h3,11-13,15-18H,4-9H2,1-2H3,(H,27,28). The monoisotopic (exact) mass is 438 g/mol. The molecular weight excluding hydrogens is 412 g/mol. The van der Waals surface area contributed by atoms with Gasteiger partial charge in [0.1, 0.15) is 5.65 Å². The van der Waals surface area contributed by atoms with Gasteiger partial charge in [-0.05, 0) is 57.9 Å². The number of allylic oxidation sites excluding steroid dienone is 1. The van der Waals surface area contributed by atoms with E-state index < -0.39 is 0 Å². The zero-order valence-electron chi connectivity index (χ0n) is 17.9. The average molecular weight is 439 g/mol. The molecule has 0 aromatic carbocycles. The number of pyridine rings is 1. The first kappa shape index (κ1) is 20.4. The number of carbonyl (C=O) groups is 1. The molecule has 1 saturated carbocycles. The predicted molar refractivity (Wildman–Crippen MR) is 119 cm³/mol. The van der Waals surface area contributed by atoms with Gasteiger partial charge in [0.05, 0.1) is 35.2 Å². The molecular formula is C24H27ClN4O2. The molecule has 2 bridgehead atoms. The average Bonchev–Trinajstić information content (AvgIpc) is 3.48. The number of rotatable bonds is 4. The van der Waals surface area contributed by atoms with Gasteiger partial charge in [-0.15, -0.1) is 0 Å². The second kappa shape index (κ2) is 7.87. The molecule has 2 saturated heterocycles. The summed E-state index contributed by atoms with van der Waals surface area (Å²) >= 11 is 6.71. The summed E-state index contributed by atoms with van der Waals surface area (Å²) in [5.41, 5.74) is 2.91. The Hall–Kier alpha value is -2.52. The molecule has 1 N–H and O–H groups in total. The predicted octanol–water partition coefficient (Wildman–Crippen LogP) is 5.10. The summed E-state index contributed by atoms with van der Waals surface area (Å²) in [6.45, 7) is 4.01. The normalized spacial score (nSPS) is 26.5. The maximum atomic E-state index is 13.7. The van der Waals surface area contributed by atoms with Gasteiger partial charge in [0.25, 0.3) is 0 Å². The molecule has 3 aliphatic rings. The van der Waals surface area contributed by atoms with Crippen molar-refractivity contribution >= 4 is 28.5 Å². The third kappa shape index (κ3) is 3.59. The molecule has 1 amide bonds. The van der Waals surface area contributed by atoms with Crippen LogP contribution in [0.1, 0.15) is 63.9 Å². The second-order valence-electron chi connectivity index (χ2n) is 9.15. The number of nitrogens with one attached hydrogen (secondary N) is 1. The van der Waals surface area contributed by atoms with Crippen LogP contribution in [0.4, 0.5) is 0 Å². The number of aromatic nitrogens is 2. The van der Waals surface area contributed by atoms with Crippen molar-refractivity contribution < 1.29 is 9.53 Å². The molecule has 7 heteroatoms. The molecule has 2 aromatic heterocycles. The molecule has 3 atom stereocenters. The van der Waals surface area contributed by atoms with Crippen LogP contribution in [-0.2, 0) is 4.79 Å². The lowest BCUT2D eigenvalue weighted by molar-refractivity contribution is -0.141. The highest BCUT2D eigenvalue weighted by Crippen LogP contribution is 2.43. The summed E-state index contributed by atoms with van der Waals surface area (Å²) in [5, 5.41) is 10.8. The molecule has 5 rings (SSSR count). The van der Waals surface area contributed by atoms with Crippen LogP contribution in [0.2, 0.25) is 5.02 Å². The van der Waals surface area contributed by atoms with Crippen molar-refractivity contribution in [1.29, 1.82) is 5.26 Å². The Bertz CT molecular complexity index is 1080. The van der Waals surface area contributed by atoms with Gasteiger partial charge in [0.15, 0.2) is 5.75 Å². The van der Waals surface area contributed by atoms with Crippen molar-refractivity contribution in [3.05, 3.63) is 34.6 Å². The number of halogens is 1. The van der Waals surface area contributed by atoms with E-state index in [2.05, 4.69) is 33.9 Å². The van der Waals surface area contributed by atoms with Crippen LogP contribution in [0, 0.1) is 17.2 Å². The third-order valence-corrected chi connectivity index (χ3v) is 7.41. The number of hydrogen-bond donors (Lipinski definition) is 1. The van der Waals surface area contributed by atoms with Gasteiger partial charge in [0.2, 0.25) is 5.91 Å². The van der Waals surface area contributed by atoms with E-state index in [4.69, 9.17) is 16.3 Å². The lowest BCUT2D eigenvalue weighted by atomic mass is 9.76. The van der Waals surface area contributed by atoms with Gasteiger partial charge in [0, 0.05) is 23.7 Å². The van der Waals surface area contributed by atoms with E-state index in [0.717, 1.165) is 49.5 Å². The maximum Gasteiger partial charge on any atom is 0.230 e. The van der Waals surface area contributed by atoms with E-state index in [0.29, 0.717) is 16.4 Å². The number of nitrogens with zero attached hydrogens (tertiary/aromatic N) is 3. The molecule has 4 heterocycles. The number of hydrogen-bond acceptors (Lipinski definition) is 4. The molecule has 3 unspecified atom stereocenters. The summed E-state index contributed by atoms with van der Waals surface area (Å²) in [6.07, 6.45) is 11.2. The molecule has 162 valence electrons. The fraction of sp³-hybridized carbons (Fsp3) is 0.542. The molecule has 0 radical (unpaired) electrons. The molecule has 3 fully saturated rings. The Labute approximate surface area is 187 Å². The highest BCUT2D eigenvalue weighted by molar-refractivity contribution is 6.37. The third-order valence-electron chi connectivity index (χ3n) is 7.03. The topological polar surface area (TPSA) is 82.0 Å². The van der Waals surface area contributed by atoms with E-state index in [-0.39, 0.29) is 35.9 Å². The van der Waals surface area contributed by atoms with Crippen molar-refractivity contribution in [2.45, 2.75) is 76.5 Å². The Morgan fingerprint density at radius 1 is 1.39 bits per heavy atom. The number of ether oxygens (including phenoxy) is 1. The van der Waals surface area contributed by atoms with E-state index in [9.17, 15) is 10.1 Å². The first-order valence-corrected chi connectivity index (χ1v) is 11.6. The lowest BCUT2D eigenvalue weighted by Gasteiger charge is -2.49. The number of H-pyrrole nitrogens is 1. The number of aromatic amines is 1. The van der Waals surface area contributed by atoms with Crippen molar-refractivity contribution in [2.24, 2.45) is 5.92 Å². The SMILES string of the molecule is CC=C1CC2CC(C#N)CC(C1)N2C(=O)C(C)c1c[nH]c2ncc(OC3CC3)c(Cl)c12. The van der Waals surface area contributed by atoms with Gasteiger partial charge < -0.3 is 14.6 Å². The first-order valence-electron chi connectivity index (χ1n) is 11.2. The summed E-state index contributed by atoms with van der Waals surface area (Å²) in [5.74, 6) is 0.357. The smallest absolute Gasteiger partial charge is 0.230 e. The van der Waals surface area contributed by atoms with Gasteiger partial charge in [-0.3, -0.25) is 4.79 Å². The summed E-state index contributed by atoms with van der Waals surface area (Å²) in [7, 11) is 0. The van der Waals surface area contributed by atoms with Gasteiger partial charge >= 0.3 is 0 Å². The molecule has 1 aliphatic carbocycles. The van der Waals surface area contributed by atoms with Crippen molar-refractivity contribution in [3.8, 4) is 11.8 Å². The number of fused-ring (bicyclic) bond motifs is 3. The van der Waals surface area contributed by atoms with Crippen LogP contribution in [0.25, 0.3) is 11.0 Å². The van der Waals surface area contributed by atoms with Crippen molar-refractivity contribution in [2.75, 3.05) is 0 Å². The van der Waals surface area contributed by atoms with Gasteiger partial charge in [-0.25, -0.2) is 4.98 Å². The summed E-state index contributed by atoms with van der Waals surface area (Å²) < 4.78 is 5.91. The first-order chi connectivity index (χ1) is 15.0. The van der Waals surface area contributed by atoms with E-state index in [1.54, 1.807) is 6.20 Å². The highest BCUT2D eigenvalue weighted by Gasteiger charge is 2.43. The number of carbonyl (C=O) groups excluding carboxylic acids is 1. The Morgan fingerprint density at radius 3 is 2.71 bits per heavy atom.